The summed E-state index contributed by atoms with van der Waals surface area (Å²) in [5, 5.41) is 9.78. The number of amides is 4. The third-order valence-electron chi connectivity index (χ3n) is 11.9. The standard InChI is InChI=1S/C43H56N10O7/c1-8-35(54)51-16-14-27(22-51)40(56)50(7)36(25(3)4)38(55)46-32-18-34-47-48-39(60-34)26-12-13-33-29(17-26)30(37(52(33)9-2)28-20-44-24-45-21-28)19-43(5,6)23-59-42(58)31-11-10-15-53(49-31)41(32)57/h8,12-13,17,20-21,24-25,27,31-32,36,39,48-49H,1,9-11,14-16,18-19,22-23H2,2-7H3,(H,46,55)/t27-,31-,32-,36-,39?/m0/s1. The van der Waals surface area contributed by atoms with E-state index in [-0.39, 0.29) is 49.7 Å². The Labute approximate surface area is 349 Å². The van der Waals surface area contributed by atoms with E-state index < -0.39 is 53.5 Å². The number of hydrogen-bond acceptors (Lipinski definition) is 12. The number of hydrazone groups is 1. The smallest absolute Gasteiger partial charge is 0.324 e. The zero-order valence-corrected chi connectivity index (χ0v) is 35.3. The average Bonchev–Trinajstić information content (AvgIpc) is 4.00. The first-order valence-corrected chi connectivity index (χ1v) is 20.8. The van der Waals surface area contributed by atoms with Crippen LogP contribution in [0.5, 0.6) is 0 Å². The lowest BCUT2D eigenvalue weighted by Crippen LogP contribution is -2.62. The molecule has 1 unspecified atom stereocenters. The minimum Gasteiger partial charge on any atom is -0.464 e. The van der Waals surface area contributed by atoms with Crippen LogP contribution in [0.25, 0.3) is 22.2 Å². The predicted octanol–water partition coefficient (Wildman–Crippen LogP) is 3.06. The van der Waals surface area contributed by atoms with Crippen LogP contribution in [0.2, 0.25) is 0 Å². The fraction of sp³-hybridized carbons (Fsp3) is 0.535. The highest BCUT2D eigenvalue weighted by Gasteiger charge is 2.41. The molecule has 6 heterocycles. The number of benzene rings is 1. The Morgan fingerprint density at radius 3 is 2.62 bits per heavy atom. The van der Waals surface area contributed by atoms with Crippen LogP contribution < -0.4 is 16.2 Å². The molecule has 4 aliphatic heterocycles. The molecule has 0 radical (unpaired) electrons. The van der Waals surface area contributed by atoms with Crippen molar-refractivity contribution in [2.75, 3.05) is 33.3 Å². The summed E-state index contributed by atoms with van der Waals surface area (Å²) in [5.41, 5.74) is 10.4. The van der Waals surface area contributed by atoms with Gasteiger partial charge in [0.2, 0.25) is 29.8 Å². The van der Waals surface area contributed by atoms with E-state index in [4.69, 9.17) is 9.47 Å². The molecule has 60 heavy (non-hydrogen) atoms. The Bertz CT molecular complexity index is 2190. The summed E-state index contributed by atoms with van der Waals surface area (Å²) < 4.78 is 14.6. The SMILES string of the molecule is C=CC(=O)N1CC[C@H](C(=O)N(C)[C@H](C(=O)N[C@H]2CC3=NNC(O3)c3ccc4c(c3)c(c(-c3cncnc3)n4CC)CC(C)(C)COC(=O)[C@@H]3CCCN(N3)C2=O)C(C)C)C1. The predicted molar refractivity (Wildman–Crippen MR) is 222 cm³/mol. The number of cyclic esters (lactones) is 1. The number of esters is 1. The zero-order valence-electron chi connectivity index (χ0n) is 35.3. The third kappa shape index (κ3) is 8.58. The molecule has 320 valence electrons. The van der Waals surface area contributed by atoms with Crippen molar-refractivity contribution >= 4 is 46.4 Å². The van der Waals surface area contributed by atoms with Gasteiger partial charge in [0, 0.05) is 73.1 Å². The summed E-state index contributed by atoms with van der Waals surface area (Å²) in [6.07, 6.45) is 7.53. The van der Waals surface area contributed by atoms with E-state index >= 15 is 0 Å². The van der Waals surface area contributed by atoms with E-state index in [0.29, 0.717) is 38.8 Å². The fourth-order valence-electron chi connectivity index (χ4n) is 8.89. The number of nitrogens with one attached hydrogen (secondary N) is 3. The van der Waals surface area contributed by atoms with Gasteiger partial charge in [0.25, 0.3) is 5.91 Å². The first-order valence-electron chi connectivity index (χ1n) is 20.8. The molecule has 2 aromatic heterocycles. The number of likely N-dealkylation sites (N-methyl/N-ethyl adjacent to an activating group) is 1. The monoisotopic (exact) mass is 824 g/mol. The molecule has 2 fully saturated rings. The first kappa shape index (κ1) is 42.3. The summed E-state index contributed by atoms with van der Waals surface area (Å²) in [6, 6.07) is 3.18. The summed E-state index contributed by atoms with van der Waals surface area (Å²) in [7, 11) is 1.58. The molecule has 0 spiro atoms. The van der Waals surface area contributed by atoms with Gasteiger partial charge in [-0.25, -0.2) is 15.4 Å². The van der Waals surface area contributed by atoms with Crippen molar-refractivity contribution in [3.63, 3.8) is 0 Å². The Morgan fingerprint density at radius 1 is 1.13 bits per heavy atom. The zero-order chi connectivity index (χ0) is 42.9. The Hall–Kier alpha value is -5.84. The molecule has 3 N–H and O–H groups in total. The van der Waals surface area contributed by atoms with Crippen LogP contribution >= 0.6 is 0 Å². The summed E-state index contributed by atoms with van der Waals surface area (Å²) in [6.45, 7) is 15.2. The number of carbonyl (C=O) groups is 5. The van der Waals surface area contributed by atoms with E-state index in [1.165, 1.54) is 22.3 Å². The molecule has 1 aromatic carbocycles. The van der Waals surface area contributed by atoms with Gasteiger partial charge in [0.05, 0.1) is 24.6 Å². The van der Waals surface area contributed by atoms with Crippen LogP contribution in [-0.4, -0.2) is 116 Å². The van der Waals surface area contributed by atoms with Gasteiger partial charge in [-0.05, 0) is 62.3 Å². The fourth-order valence-corrected chi connectivity index (χ4v) is 8.89. The van der Waals surface area contributed by atoms with E-state index in [0.717, 1.165) is 33.3 Å². The van der Waals surface area contributed by atoms with Crippen molar-refractivity contribution in [2.24, 2.45) is 22.4 Å². The average molecular weight is 825 g/mol. The number of aryl methyl sites for hydroxylation is 1. The number of hydrogen-bond donors (Lipinski definition) is 3. The number of rotatable bonds is 8. The van der Waals surface area contributed by atoms with Crippen LogP contribution in [-0.2, 0) is 46.4 Å². The van der Waals surface area contributed by atoms with Crippen molar-refractivity contribution in [3.05, 3.63) is 60.7 Å². The van der Waals surface area contributed by atoms with Gasteiger partial charge in [-0.2, -0.15) is 0 Å². The van der Waals surface area contributed by atoms with Crippen molar-refractivity contribution < 1.29 is 33.4 Å². The number of hydrazine groups is 1. The lowest BCUT2D eigenvalue weighted by atomic mass is 9.84. The number of fused-ring (bicyclic) bond motifs is 6. The molecular weight excluding hydrogens is 769 g/mol. The van der Waals surface area contributed by atoms with Crippen molar-refractivity contribution in [3.8, 4) is 11.3 Å². The number of likely N-dealkylation sites (tertiary alicyclic amines) is 1. The van der Waals surface area contributed by atoms with Gasteiger partial charge < -0.3 is 29.2 Å². The van der Waals surface area contributed by atoms with E-state index in [9.17, 15) is 24.0 Å². The lowest BCUT2D eigenvalue weighted by Gasteiger charge is -2.37. The Morgan fingerprint density at radius 2 is 1.90 bits per heavy atom. The second-order valence-electron chi connectivity index (χ2n) is 17.2. The van der Waals surface area contributed by atoms with Crippen molar-refractivity contribution in [1.82, 2.24) is 45.5 Å². The van der Waals surface area contributed by atoms with Crippen LogP contribution in [0.4, 0.5) is 0 Å². The third-order valence-corrected chi connectivity index (χ3v) is 11.9. The quantitative estimate of drug-likeness (QED) is 0.224. The Kier molecular flexibility index (Phi) is 12.3. The van der Waals surface area contributed by atoms with Crippen LogP contribution in [0.3, 0.4) is 0 Å². The van der Waals surface area contributed by atoms with Gasteiger partial charge in [-0.3, -0.25) is 34.4 Å². The maximum atomic E-state index is 14.5. The molecule has 0 aliphatic carbocycles. The van der Waals surface area contributed by atoms with Gasteiger partial charge in [0.1, 0.15) is 24.5 Å². The molecule has 17 nitrogen and oxygen atoms in total. The van der Waals surface area contributed by atoms with E-state index in [1.54, 1.807) is 24.3 Å². The highest BCUT2D eigenvalue weighted by atomic mass is 16.5. The minimum atomic E-state index is -1.18. The van der Waals surface area contributed by atoms with Crippen molar-refractivity contribution in [2.45, 2.75) is 97.6 Å². The maximum Gasteiger partial charge on any atom is 0.324 e. The van der Waals surface area contributed by atoms with Crippen LogP contribution in [0.1, 0.15) is 77.7 Å². The molecule has 0 saturated carbocycles. The molecule has 6 bridgehead atoms. The maximum absolute atomic E-state index is 14.5. The highest BCUT2D eigenvalue weighted by molar-refractivity contribution is 5.96. The Balaban J connectivity index is 1.20. The largest absolute Gasteiger partial charge is 0.464 e. The molecule has 4 amide bonds. The topological polar surface area (TPSA) is 193 Å². The number of nitrogens with zero attached hydrogens (tertiary/aromatic N) is 7. The van der Waals surface area contributed by atoms with E-state index in [2.05, 4.69) is 75.3 Å². The summed E-state index contributed by atoms with van der Waals surface area (Å²) in [4.78, 5) is 80.1. The first-order chi connectivity index (χ1) is 28.7. The summed E-state index contributed by atoms with van der Waals surface area (Å²) >= 11 is 0. The minimum absolute atomic E-state index is 0.114. The molecule has 2 saturated heterocycles. The van der Waals surface area contributed by atoms with Gasteiger partial charge in [-0.15, -0.1) is 5.10 Å². The molecule has 5 atom stereocenters. The molecular formula is C43H56N10O7. The van der Waals surface area contributed by atoms with Gasteiger partial charge in [-0.1, -0.05) is 40.3 Å². The second kappa shape index (κ2) is 17.4. The normalized spacial score (nSPS) is 23.6. The molecule has 3 aromatic rings. The van der Waals surface area contributed by atoms with Crippen LogP contribution in [0.15, 0.2) is 54.7 Å². The number of ether oxygens (including phenoxy) is 2. The lowest BCUT2D eigenvalue weighted by molar-refractivity contribution is -0.155. The van der Waals surface area contributed by atoms with Gasteiger partial charge >= 0.3 is 5.97 Å². The van der Waals surface area contributed by atoms with Crippen LogP contribution in [0, 0.1) is 17.3 Å². The molecule has 7 rings (SSSR count). The number of aromatic nitrogens is 3. The van der Waals surface area contributed by atoms with E-state index in [1.807, 2.05) is 19.9 Å². The molecule has 4 aliphatic rings. The van der Waals surface area contributed by atoms with Gasteiger partial charge in [0.15, 0.2) is 0 Å². The number of carbonyl (C=O) groups excluding carboxylic acids is 5. The van der Waals surface area contributed by atoms with Crippen molar-refractivity contribution in [1.29, 1.82) is 0 Å². The highest BCUT2D eigenvalue weighted by Crippen LogP contribution is 2.39. The molecule has 17 heteroatoms. The second-order valence-corrected chi connectivity index (χ2v) is 17.2. The summed E-state index contributed by atoms with van der Waals surface area (Å²) in [5.74, 6) is -2.63.